The van der Waals surface area contributed by atoms with Crippen LogP contribution in [0.1, 0.15) is 36.8 Å². The van der Waals surface area contributed by atoms with Crippen LogP contribution in [-0.4, -0.2) is 28.1 Å². The van der Waals surface area contributed by atoms with Crippen molar-refractivity contribution in [3.63, 3.8) is 0 Å². The van der Waals surface area contributed by atoms with E-state index in [1.165, 1.54) is 7.05 Å². The molecule has 0 saturated carbocycles. The van der Waals surface area contributed by atoms with Gasteiger partial charge < -0.3 is 16.8 Å². The topological polar surface area (TPSA) is 136 Å². The summed E-state index contributed by atoms with van der Waals surface area (Å²) >= 11 is 0. The molecule has 3 rings (SSSR count). The van der Waals surface area contributed by atoms with Crippen LogP contribution in [0.2, 0.25) is 0 Å². The highest BCUT2D eigenvalue weighted by Crippen LogP contribution is 2.33. The van der Waals surface area contributed by atoms with Gasteiger partial charge in [0.1, 0.15) is 29.1 Å². The highest BCUT2D eigenvalue weighted by atomic mass is 16.1. The molecule has 29 heavy (non-hydrogen) atoms. The lowest BCUT2D eigenvalue weighted by molar-refractivity contribution is 0.112. The van der Waals surface area contributed by atoms with Gasteiger partial charge in [-0.1, -0.05) is 18.2 Å². The Morgan fingerprint density at radius 1 is 1.14 bits per heavy atom. The number of carbonyl (C=O) groups excluding carboxylic acids is 1. The number of nitrogen functional groups attached to an aromatic ring is 1. The second-order valence-corrected chi connectivity index (χ2v) is 7.08. The predicted octanol–water partition coefficient (Wildman–Crippen LogP) is 3.28. The first kappa shape index (κ1) is 21.6. The number of nitriles is 1. The molecule has 5 N–H and O–H groups in total. The summed E-state index contributed by atoms with van der Waals surface area (Å²) in [6.45, 7) is 5.98. The molecule has 0 saturated heterocycles. The van der Waals surface area contributed by atoms with Gasteiger partial charge in [-0.25, -0.2) is 9.67 Å². The highest BCUT2D eigenvalue weighted by molar-refractivity contribution is 5.93. The molecule has 8 heteroatoms. The average molecular weight is 391 g/mol. The summed E-state index contributed by atoms with van der Waals surface area (Å²) < 4.78 is 1.75. The van der Waals surface area contributed by atoms with Gasteiger partial charge in [0.25, 0.3) is 0 Å². The third-order valence-electron chi connectivity index (χ3n) is 3.97. The van der Waals surface area contributed by atoms with Gasteiger partial charge in [-0.3, -0.25) is 4.79 Å². The second-order valence-electron chi connectivity index (χ2n) is 7.08. The molecule has 0 aliphatic carbocycles. The van der Waals surface area contributed by atoms with Crippen LogP contribution in [0, 0.1) is 11.3 Å². The minimum Gasteiger partial charge on any atom is -0.399 e. The molecular formula is C21H25N7O. The van der Waals surface area contributed by atoms with Crippen LogP contribution in [0.4, 0.5) is 17.3 Å². The largest absolute Gasteiger partial charge is 0.399 e. The monoisotopic (exact) mass is 391 g/mol. The molecule has 0 unspecified atom stereocenters. The molecule has 1 aromatic carbocycles. The number of hydrogen-bond donors (Lipinski definition) is 3. The van der Waals surface area contributed by atoms with Gasteiger partial charge in [0.05, 0.1) is 11.1 Å². The normalized spacial score (nSPS) is 10.5. The predicted molar refractivity (Wildman–Crippen MR) is 115 cm³/mol. The van der Waals surface area contributed by atoms with Crippen molar-refractivity contribution in [3.05, 3.63) is 53.7 Å². The van der Waals surface area contributed by atoms with Crippen molar-refractivity contribution in [3.8, 4) is 17.3 Å². The second kappa shape index (κ2) is 8.99. The number of nitrogens with one attached hydrogen (secondary N) is 1. The summed E-state index contributed by atoms with van der Waals surface area (Å²) in [5.41, 5.74) is 12.6. The molecule has 0 spiro atoms. The summed E-state index contributed by atoms with van der Waals surface area (Å²) in [6, 6.07) is 14.3. The standard InChI is InChI=1S/C20H20N6O.CH5N/c1-20(2,3)26-19(24-17-6-4-5-15(11-21)23-17)16(12-27)18(25-26)13-7-9-14(22)10-8-13;1-2/h4-10,12H,22H2,1-3H3,(H,23,24);2H2,1H3. The van der Waals surface area contributed by atoms with Crippen molar-refractivity contribution < 1.29 is 4.79 Å². The van der Waals surface area contributed by atoms with E-state index in [2.05, 4.69) is 21.1 Å². The molecular weight excluding hydrogens is 366 g/mol. The van der Waals surface area contributed by atoms with Crippen molar-refractivity contribution >= 4 is 23.6 Å². The lowest BCUT2D eigenvalue weighted by atomic mass is 10.1. The zero-order valence-electron chi connectivity index (χ0n) is 17.0. The third kappa shape index (κ3) is 4.78. The van der Waals surface area contributed by atoms with Crippen LogP contribution < -0.4 is 16.8 Å². The lowest BCUT2D eigenvalue weighted by Gasteiger charge is -2.22. The number of hydrogen-bond acceptors (Lipinski definition) is 7. The number of rotatable bonds is 4. The SMILES string of the molecule is CC(C)(C)n1nc(-c2ccc(N)cc2)c(C=O)c1Nc1cccc(C#N)n1.CN. The van der Waals surface area contributed by atoms with Crippen molar-refractivity contribution in [2.75, 3.05) is 18.1 Å². The van der Waals surface area contributed by atoms with E-state index in [0.717, 1.165) is 11.8 Å². The quantitative estimate of drug-likeness (QED) is 0.458. The Morgan fingerprint density at radius 2 is 1.79 bits per heavy atom. The Balaban J connectivity index is 0.00000145. The fourth-order valence-electron chi connectivity index (χ4n) is 2.69. The van der Waals surface area contributed by atoms with Gasteiger partial charge >= 0.3 is 0 Å². The molecule has 0 radical (unpaired) electrons. The van der Waals surface area contributed by atoms with Gasteiger partial charge in [-0.05, 0) is 52.1 Å². The van der Waals surface area contributed by atoms with Gasteiger partial charge in [0.2, 0.25) is 0 Å². The van der Waals surface area contributed by atoms with E-state index in [0.29, 0.717) is 28.6 Å². The minimum atomic E-state index is -0.390. The maximum absolute atomic E-state index is 12.0. The van der Waals surface area contributed by atoms with E-state index in [4.69, 9.17) is 11.0 Å². The van der Waals surface area contributed by atoms with Crippen molar-refractivity contribution in [2.24, 2.45) is 5.73 Å². The molecule has 2 aromatic heterocycles. The lowest BCUT2D eigenvalue weighted by Crippen LogP contribution is -2.25. The fraction of sp³-hybridized carbons (Fsp3) is 0.238. The maximum atomic E-state index is 12.0. The molecule has 0 bridgehead atoms. The molecule has 2 heterocycles. The molecule has 0 atom stereocenters. The first-order valence-electron chi connectivity index (χ1n) is 9.00. The van der Waals surface area contributed by atoms with Crippen LogP contribution in [0.25, 0.3) is 11.3 Å². The number of anilines is 3. The molecule has 8 nitrogen and oxygen atoms in total. The Bertz CT molecular complexity index is 1020. The number of pyridine rings is 1. The summed E-state index contributed by atoms with van der Waals surface area (Å²) in [7, 11) is 1.50. The van der Waals surface area contributed by atoms with E-state index in [-0.39, 0.29) is 11.2 Å². The molecule has 0 amide bonds. The van der Waals surface area contributed by atoms with Gasteiger partial charge in [0, 0.05) is 11.3 Å². The zero-order valence-corrected chi connectivity index (χ0v) is 17.0. The average Bonchev–Trinajstić information content (AvgIpc) is 3.09. The first-order chi connectivity index (χ1) is 13.8. The Labute approximate surface area is 170 Å². The number of nitrogens with two attached hydrogens (primary N) is 2. The van der Waals surface area contributed by atoms with Crippen LogP contribution >= 0.6 is 0 Å². The molecule has 150 valence electrons. The van der Waals surface area contributed by atoms with E-state index < -0.39 is 0 Å². The van der Waals surface area contributed by atoms with Crippen LogP contribution in [0.5, 0.6) is 0 Å². The molecule has 3 aromatic rings. The van der Waals surface area contributed by atoms with Crippen molar-refractivity contribution in [2.45, 2.75) is 26.3 Å². The van der Waals surface area contributed by atoms with Gasteiger partial charge in [-0.2, -0.15) is 10.4 Å². The summed E-state index contributed by atoms with van der Waals surface area (Å²) in [6.07, 6.45) is 0.775. The van der Waals surface area contributed by atoms with Crippen molar-refractivity contribution in [1.29, 1.82) is 5.26 Å². The minimum absolute atomic E-state index is 0.285. The van der Waals surface area contributed by atoms with Crippen LogP contribution in [0.3, 0.4) is 0 Å². The fourth-order valence-corrected chi connectivity index (χ4v) is 2.69. The Kier molecular flexibility index (Phi) is 6.70. The Morgan fingerprint density at radius 3 is 2.34 bits per heavy atom. The molecule has 0 aliphatic rings. The van der Waals surface area contributed by atoms with Crippen molar-refractivity contribution in [1.82, 2.24) is 14.8 Å². The molecule has 0 fully saturated rings. The number of carbonyl (C=O) groups is 1. The maximum Gasteiger partial charge on any atom is 0.156 e. The number of aromatic nitrogens is 3. The smallest absolute Gasteiger partial charge is 0.156 e. The number of benzene rings is 1. The molecule has 0 aliphatic heterocycles. The Hall–Kier alpha value is -3.70. The third-order valence-corrected chi connectivity index (χ3v) is 3.97. The summed E-state index contributed by atoms with van der Waals surface area (Å²) in [4.78, 5) is 16.2. The first-order valence-corrected chi connectivity index (χ1v) is 9.00. The zero-order chi connectivity index (χ0) is 21.6. The van der Waals surface area contributed by atoms with Gasteiger partial charge in [-0.15, -0.1) is 0 Å². The van der Waals surface area contributed by atoms with E-state index in [9.17, 15) is 4.79 Å². The summed E-state index contributed by atoms with van der Waals surface area (Å²) in [5.74, 6) is 0.985. The van der Waals surface area contributed by atoms with E-state index in [1.807, 2.05) is 39.0 Å². The highest BCUT2D eigenvalue weighted by Gasteiger charge is 2.26. The number of aldehydes is 1. The summed E-state index contributed by atoms with van der Waals surface area (Å²) in [5, 5.41) is 16.9. The van der Waals surface area contributed by atoms with Gasteiger partial charge in [0.15, 0.2) is 6.29 Å². The van der Waals surface area contributed by atoms with Crippen LogP contribution in [0.15, 0.2) is 42.5 Å². The van der Waals surface area contributed by atoms with Crippen LogP contribution in [-0.2, 0) is 5.54 Å². The van der Waals surface area contributed by atoms with E-state index >= 15 is 0 Å². The van der Waals surface area contributed by atoms with E-state index in [1.54, 1.807) is 35.0 Å². The number of nitrogens with zero attached hydrogens (tertiary/aromatic N) is 4.